The van der Waals surface area contributed by atoms with Crippen LogP contribution in [-0.2, 0) is 19.2 Å². The molecular formula is C22H26O6. The molecule has 6 nitrogen and oxygen atoms in total. The summed E-state index contributed by atoms with van der Waals surface area (Å²) in [6.45, 7) is 6.09. The molecule has 2 fully saturated rings. The highest BCUT2D eigenvalue weighted by Crippen LogP contribution is 2.60. The van der Waals surface area contributed by atoms with Gasteiger partial charge in [0, 0.05) is 5.41 Å². The highest BCUT2D eigenvalue weighted by molar-refractivity contribution is 5.89. The van der Waals surface area contributed by atoms with Crippen LogP contribution >= 0.6 is 0 Å². The summed E-state index contributed by atoms with van der Waals surface area (Å²) in [7, 11) is 1.35. The Morgan fingerprint density at radius 1 is 1.18 bits per heavy atom. The van der Waals surface area contributed by atoms with Crippen LogP contribution in [0.5, 0.6) is 0 Å². The Labute approximate surface area is 164 Å². The van der Waals surface area contributed by atoms with Gasteiger partial charge in [-0.1, -0.05) is 32.1 Å². The highest BCUT2D eigenvalue weighted by Gasteiger charge is 2.71. The summed E-state index contributed by atoms with van der Waals surface area (Å²) in [4.78, 5) is 23.2. The van der Waals surface area contributed by atoms with Crippen LogP contribution in [0.3, 0.4) is 0 Å². The van der Waals surface area contributed by atoms with Crippen molar-refractivity contribution < 1.29 is 29.1 Å². The summed E-state index contributed by atoms with van der Waals surface area (Å²) < 4.78 is 11.1. The normalized spacial score (nSPS) is 38.4. The monoisotopic (exact) mass is 386 g/mol. The Balaban J connectivity index is 1.63. The smallest absolute Gasteiger partial charge is 0.337 e. The minimum Gasteiger partial charge on any atom is -0.465 e. The second-order valence-electron chi connectivity index (χ2n) is 8.55. The number of carbonyl (C=O) groups excluding carboxylic acids is 1. The van der Waals surface area contributed by atoms with Crippen LogP contribution in [0.25, 0.3) is 6.08 Å². The van der Waals surface area contributed by atoms with E-state index in [0.29, 0.717) is 12.0 Å². The van der Waals surface area contributed by atoms with Crippen LogP contribution in [0, 0.1) is 5.41 Å². The van der Waals surface area contributed by atoms with Gasteiger partial charge in [0.2, 0.25) is 5.79 Å². The van der Waals surface area contributed by atoms with Crippen molar-refractivity contribution in [2.24, 2.45) is 5.41 Å². The largest absolute Gasteiger partial charge is 0.465 e. The van der Waals surface area contributed by atoms with E-state index in [4.69, 9.17) is 19.2 Å². The first-order valence-electron chi connectivity index (χ1n) is 9.50. The minimum absolute atomic E-state index is 0.252. The number of rotatable bonds is 3. The number of ether oxygens (including phenoxy) is 2. The molecule has 1 saturated carbocycles. The number of carbonyl (C=O) groups is 1. The molecule has 3 aliphatic heterocycles. The van der Waals surface area contributed by atoms with Crippen molar-refractivity contribution in [3.63, 3.8) is 0 Å². The molecule has 4 aliphatic rings. The Bertz CT molecular complexity index is 841. The number of benzene rings is 1. The van der Waals surface area contributed by atoms with E-state index in [1.54, 1.807) is 30.3 Å². The summed E-state index contributed by atoms with van der Waals surface area (Å²) in [5.41, 5.74) is -0.693. The van der Waals surface area contributed by atoms with Gasteiger partial charge in [0.15, 0.2) is 5.60 Å². The van der Waals surface area contributed by atoms with E-state index in [1.165, 1.54) is 7.11 Å². The first kappa shape index (κ1) is 19.3. The average Bonchev–Trinajstić information content (AvgIpc) is 2.70. The molecule has 0 amide bonds. The molecule has 1 saturated heterocycles. The summed E-state index contributed by atoms with van der Waals surface area (Å²) in [5, 5.41) is 10.8. The van der Waals surface area contributed by atoms with Crippen molar-refractivity contribution in [1.29, 1.82) is 0 Å². The van der Waals surface area contributed by atoms with Crippen LogP contribution in [0.2, 0.25) is 0 Å². The van der Waals surface area contributed by atoms with Crippen LogP contribution in [0.15, 0.2) is 42.5 Å². The maximum atomic E-state index is 11.6. The van der Waals surface area contributed by atoms with Crippen LogP contribution < -0.4 is 0 Å². The van der Waals surface area contributed by atoms with E-state index in [1.807, 2.05) is 25.2 Å². The number of hydrogen-bond acceptors (Lipinski definition) is 6. The Morgan fingerprint density at radius 3 is 2.50 bits per heavy atom. The van der Waals surface area contributed by atoms with Crippen molar-refractivity contribution in [2.75, 3.05) is 7.11 Å². The third-order valence-corrected chi connectivity index (χ3v) is 6.49. The van der Waals surface area contributed by atoms with Gasteiger partial charge in [-0.05, 0) is 55.7 Å². The number of hydrogen-bond donors (Lipinski definition) is 1. The van der Waals surface area contributed by atoms with Crippen LogP contribution in [0.4, 0.5) is 0 Å². The van der Waals surface area contributed by atoms with Gasteiger partial charge in [0.25, 0.3) is 0 Å². The van der Waals surface area contributed by atoms with Gasteiger partial charge in [-0.3, -0.25) is 0 Å². The molecule has 0 unspecified atom stereocenters. The number of aliphatic hydroxyl groups excluding tert-OH is 1. The van der Waals surface area contributed by atoms with Gasteiger partial charge in [0.1, 0.15) is 5.60 Å². The van der Waals surface area contributed by atoms with E-state index in [9.17, 15) is 9.90 Å². The number of fused-ring (bicyclic) bond motifs is 1. The zero-order valence-corrected chi connectivity index (χ0v) is 16.6. The molecule has 1 spiro atoms. The van der Waals surface area contributed by atoms with Gasteiger partial charge >= 0.3 is 5.97 Å². The molecule has 1 aromatic rings. The first-order chi connectivity index (χ1) is 13.2. The molecule has 0 radical (unpaired) electrons. The topological polar surface area (TPSA) is 74.2 Å². The molecule has 3 heterocycles. The lowest BCUT2D eigenvalue weighted by Gasteiger charge is -2.65. The fraction of sp³-hybridized carbons (Fsp3) is 0.500. The third kappa shape index (κ3) is 2.59. The van der Waals surface area contributed by atoms with Gasteiger partial charge in [-0.25, -0.2) is 9.68 Å². The van der Waals surface area contributed by atoms with Crippen LogP contribution in [0.1, 0.15) is 49.5 Å². The second-order valence-corrected chi connectivity index (χ2v) is 8.55. The molecule has 1 aromatic carbocycles. The van der Waals surface area contributed by atoms with E-state index < -0.39 is 23.1 Å². The van der Waals surface area contributed by atoms with E-state index in [2.05, 4.69) is 13.8 Å². The quantitative estimate of drug-likeness (QED) is 0.488. The maximum absolute atomic E-state index is 11.6. The molecular weight excluding hydrogens is 360 g/mol. The fourth-order valence-corrected chi connectivity index (χ4v) is 4.59. The van der Waals surface area contributed by atoms with Crippen molar-refractivity contribution in [2.45, 2.75) is 56.7 Å². The maximum Gasteiger partial charge on any atom is 0.337 e. The first-order valence-corrected chi connectivity index (χ1v) is 9.50. The molecule has 150 valence electrons. The van der Waals surface area contributed by atoms with Crippen molar-refractivity contribution >= 4 is 12.0 Å². The van der Waals surface area contributed by atoms with E-state index in [0.717, 1.165) is 12.0 Å². The van der Waals surface area contributed by atoms with Gasteiger partial charge in [-0.2, -0.15) is 4.89 Å². The van der Waals surface area contributed by atoms with Gasteiger partial charge in [0.05, 0.1) is 18.8 Å². The Kier molecular flexibility index (Phi) is 4.32. The molecule has 5 rings (SSSR count). The Morgan fingerprint density at radius 2 is 1.89 bits per heavy atom. The van der Waals surface area contributed by atoms with Crippen LogP contribution in [-0.4, -0.2) is 41.3 Å². The van der Waals surface area contributed by atoms with Gasteiger partial charge in [-0.15, -0.1) is 0 Å². The fourth-order valence-electron chi connectivity index (χ4n) is 4.59. The molecule has 0 aromatic heterocycles. The zero-order valence-electron chi connectivity index (χ0n) is 16.6. The summed E-state index contributed by atoms with van der Waals surface area (Å²) in [6.07, 6.45) is 8.18. The molecule has 1 N–H and O–H groups in total. The Hall–Kier alpha value is -1.99. The lowest BCUT2D eigenvalue weighted by Crippen LogP contribution is -2.77. The zero-order chi connectivity index (χ0) is 20.2. The molecule has 28 heavy (non-hydrogen) atoms. The van der Waals surface area contributed by atoms with Crippen molar-refractivity contribution in [3.05, 3.63) is 53.6 Å². The molecule has 6 heteroatoms. The van der Waals surface area contributed by atoms with Crippen molar-refractivity contribution in [3.8, 4) is 0 Å². The summed E-state index contributed by atoms with van der Waals surface area (Å²) in [5.74, 6) is -1.60. The predicted octanol–water partition coefficient (Wildman–Crippen LogP) is 3.41. The standard InChI is InChI=1S/C22H26O6/c1-19(2)11-10-17(23)20(3)22(19)14-13-21(26-20,27-28-22)12-9-15-5-7-16(8-6-15)18(24)25-4/h5-9,12-14,17,23H,10-11H2,1-4H3/b12-9+/t17-,20+,21-,22-/m1/s1. The lowest BCUT2D eigenvalue weighted by atomic mass is 9.56. The number of esters is 1. The SMILES string of the molecule is COC(=O)c1ccc(/C=C/[C@]23C=C[C@@]4(OO2)C(C)(C)CC[C@@H](O)[C@]4(C)O3)cc1. The number of methoxy groups -OCH3 is 1. The number of aliphatic hydroxyl groups is 1. The predicted molar refractivity (Wildman–Crippen MR) is 102 cm³/mol. The minimum atomic E-state index is -1.22. The molecule has 2 bridgehead atoms. The van der Waals surface area contributed by atoms with Crippen molar-refractivity contribution in [1.82, 2.24) is 0 Å². The third-order valence-electron chi connectivity index (χ3n) is 6.49. The van der Waals surface area contributed by atoms with Gasteiger partial charge < -0.3 is 14.6 Å². The molecule has 4 atom stereocenters. The summed E-state index contributed by atoms with van der Waals surface area (Å²) >= 11 is 0. The average molecular weight is 386 g/mol. The second kappa shape index (κ2) is 6.26. The van der Waals surface area contributed by atoms with E-state index in [-0.39, 0.29) is 11.4 Å². The molecule has 1 aliphatic carbocycles. The highest BCUT2D eigenvalue weighted by atomic mass is 17.3. The summed E-state index contributed by atoms with van der Waals surface area (Å²) in [6, 6.07) is 7.00. The van der Waals surface area contributed by atoms with E-state index >= 15 is 0 Å². The lowest BCUT2D eigenvalue weighted by molar-refractivity contribution is -0.547.